The lowest BCUT2D eigenvalue weighted by atomic mass is 10.1. The summed E-state index contributed by atoms with van der Waals surface area (Å²) in [4.78, 5) is 0. The van der Waals surface area contributed by atoms with Crippen molar-refractivity contribution in [2.75, 3.05) is 6.54 Å². The molecular weight excluding hydrogens is 237 g/mol. The van der Waals surface area contributed by atoms with E-state index in [1.165, 1.54) is 25.0 Å². The molecule has 0 unspecified atom stereocenters. The first kappa shape index (κ1) is 12.6. The molecule has 2 rings (SSSR count). The number of halogens is 2. The predicted molar refractivity (Wildman–Crippen MR) is 69.9 cm³/mol. The zero-order chi connectivity index (χ0) is 12.1. The lowest BCUT2D eigenvalue weighted by Gasteiger charge is -2.01. The van der Waals surface area contributed by atoms with E-state index in [0.717, 1.165) is 31.0 Å². The molecule has 92 valence electrons. The molecule has 1 aliphatic rings. The molecule has 1 N–H and O–H groups in total. The van der Waals surface area contributed by atoms with Crippen LogP contribution in [0.4, 0.5) is 4.39 Å². The van der Waals surface area contributed by atoms with Crippen molar-refractivity contribution in [3.63, 3.8) is 0 Å². The number of hydrogen-bond acceptors (Lipinski definition) is 1. The van der Waals surface area contributed by atoms with Gasteiger partial charge in [-0.2, -0.15) is 0 Å². The van der Waals surface area contributed by atoms with Crippen LogP contribution in [0.3, 0.4) is 0 Å². The van der Waals surface area contributed by atoms with E-state index in [1.54, 1.807) is 6.07 Å². The normalized spacial score (nSPS) is 15.6. The van der Waals surface area contributed by atoms with E-state index in [4.69, 9.17) is 11.6 Å². The zero-order valence-electron chi connectivity index (χ0n) is 9.76. The molecule has 1 fully saturated rings. The first-order valence-corrected chi connectivity index (χ1v) is 6.46. The number of hydrogen-bond donors (Lipinski definition) is 1. The fourth-order valence-corrected chi connectivity index (χ4v) is 1.92. The van der Waals surface area contributed by atoms with Crippen LogP contribution in [0.5, 0.6) is 0 Å². The highest BCUT2D eigenvalue weighted by Gasteiger charge is 2.19. The summed E-state index contributed by atoms with van der Waals surface area (Å²) in [7, 11) is 0. The molecule has 0 saturated heterocycles. The number of rotatable bonds is 6. The maximum Gasteiger partial charge on any atom is 0.124 e. The van der Waals surface area contributed by atoms with Crippen LogP contribution < -0.4 is 5.32 Å². The molecule has 1 aromatic carbocycles. The molecule has 0 spiro atoms. The van der Waals surface area contributed by atoms with Crippen molar-refractivity contribution in [2.24, 2.45) is 0 Å². The average molecular weight is 254 g/mol. The highest BCUT2D eigenvalue weighted by Crippen LogP contribution is 2.19. The van der Waals surface area contributed by atoms with Gasteiger partial charge in [-0.3, -0.25) is 0 Å². The monoisotopic (exact) mass is 253 g/mol. The summed E-state index contributed by atoms with van der Waals surface area (Å²) in [6.07, 6.45) is 8.70. The van der Waals surface area contributed by atoms with Crippen molar-refractivity contribution in [1.29, 1.82) is 0 Å². The molecule has 0 aliphatic heterocycles. The van der Waals surface area contributed by atoms with Gasteiger partial charge in [0.1, 0.15) is 5.82 Å². The van der Waals surface area contributed by atoms with Crippen LogP contribution in [0.15, 0.2) is 30.4 Å². The minimum absolute atomic E-state index is 0.281. The first-order chi connectivity index (χ1) is 8.25. The molecule has 0 radical (unpaired) electrons. The zero-order valence-corrected chi connectivity index (χ0v) is 10.5. The predicted octanol–water partition coefficient (Wildman–Crippen LogP) is 3.72. The van der Waals surface area contributed by atoms with Crippen LogP contribution in [-0.2, 0) is 6.42 Å². The summed E-state index contributed by atoms with van der Waals surface area (Å²) in [5.41, 5.74) is 0.972. The van der Waals surface area contributed by atoms with Gasteiger partial charge in [-0.25, -0.2) is 4.39 Å². The third kappa shape index (κ3) is 4.49. The van der Waals surface area contributed by atoms with E-state index < -0.39 is 0 Å². The molecule has 0 aromatic heterocycles. The topological polar surface area (TPSA) is 12.0 Å². The third-order valence-electron chi connectivity index (χ3n) is 2.84. The summed E-state index contributed by atoms with van der Waals surface area (Å²) >= 11 is 5.93. The standard InChI is InChI=1S/C14H17ClFN/c15-14-10-12(16)6-5-11(14)4-2-1-3-9-17-13-7-8-13/h1-2,5-6,10,13,17H,3-4,7-9H2. The Morgan fingerprint density at radius 2 is 2.18 bits per heavy atom. The molecule has 1 aromatic rings. The third-order valence-corrected chi connectivity index (χ3v) is 3.19. The summed E-state index contributed by atoms with van der Waals surface area (Å²) in [6, 6.07) is 5.32. The minimum atomic E-state index is -0.281. The van der Waals surface area contributed by atoms with Crippen LogP contribution in [0.1, 0.15) is 24.8 Å². The van der Waals surface area contributed by atoms with E-state index in [0.29, 0.717) is 5.02 Å². The highest BCUT2D eigenvalue weighted by molar-refractivity contribution is 6.31. The van der Waals surface area contributed by atoms with Crippen molar-refractivity contribution >= 4 is 11.6 Å². The molecule has 17 heavy (non-hydrogen) atoms. The van der Waals surface area contributed by atoms with Crippen LogP contribution in [0, 0.1) is 5.82 Å². The van der Waals surface area contributed by atoms with Crippen molar-refractivity contribution < 1.29 is 4.39 Å². The molecule has 0 heterocycles. The van der Waals surface area contributed by atoms with Crippen molar-refractivity contribution in [3.8, 4) is 0 Å². The molecule has 0 bridgehead atoms. The second-order valence-electron chi connectivity index (χ2n) is 4.43. The van der Waals surface area contributed by atoms with Gasteiger partial charge >= 0.3 is 0 Å². The van der Waals surface area contributed by atoms with Gasteiger partial charge in [-0.1, -0.05) is 29.8 Å². The molecule has 1 saturated carbocycles. The van der Waals surface area contributed by atoms with E-state index >= 15 is 0 Å². The van der Waals surface area contributed by atoms with Crippen LogP contribution >= 0.6 is 11.6 Å². The summed E-state index contributed by atoms with van der Waals surface area (Å²) < 4.78 is 12.8. The average Bonchev–Trinajstić information content (AvgIpc) is 3.09. The SMILES string of the molecule is Fc1ccc(CC=CCCNC2CC2)c(Cl)c1. The Balaban J connectivity index is 1.70. The quantitative estimate of drug-likeness (QED) is 0.602. The Bertz CT molecular complexity index is 399. The Kier molecular flexibility index (Phi) is 4.57. The number of nitrogens with one attached hydrogen (secondary N) is 1. The minimum Gasteiger partial charge on any atom is -0.314 e. The largest absolute Gasteiger partial charge is 0.314 e. The van der Waals surface area contributed by atoms with Crippen LogP contribution in [0.25, 0.3) is 0 Å². The fourth-order valence-electron chi connectivity index (χ4n) is 1.67. The van der Waals surface area contributed by atoms with Gasteiger partial charge in [-0.05, 0) is 49.9 Å². The van der Waals surface area contributed by atoms with E-state index in [1.807, 2.05) is 0 Å². The van der Waals surface area contributed by atoms with Gasteiger partial charge in [0.25, 0.3) is 0 Å². The summed E-state index contributed by atoms with van der Waals surface area (Å²) in [5, 5.41) is 3.95. The maximum atomic E-state index is 12.8. The van der Waals surface area contributed by atoms with Crippen molar-refractivity contribution in [1.82, 2.24) is 5.32 Å². The first-order valence-electron chi connectivity index (χ1n) is 6.08. The van der Waals surface area contributed by atoms with Crippen LogP contribution in [0.2, 0.25) is 5.02 Å². The Morgan fingerprint density at radius 1 is 1.35 bits per heavy atom. The van der Waals surface area contributed by atoms with Gasteiger partial charge in [-0.15, -0.1) is 0 Å². The Labute approximate surface area is 107 Å². The summed E-state index contributed by atoms with van der Waals surface area (Å²) in [6.45, 7) is 1.04. The van der Waals surface area contributed by atoms with E-state index in [2.05, 4.69) is 17.5 Å². The second kappa shape index (κ2) is 6.18. The van der Waals surface area contributed by atoms with Gasteiger partial charge in [0.2, 0.25) is 0 Å². The van der Waals surface area contributed by atoms with Gasteiger partial charge in [0, 0.05) is 11.1 Å². The number of benzene rings is 1. The molecule has 1 aliphatic carbocycles. The molecule has 1 nitrogen and oxygen atoms in total. The number of allylic oxidation sites excluding steroid dienone is 1. The van der Waals surface area contributed by atoms with Crippen LogP contribution in [-0.4, -0.2) is 12.6 Å². The molecule has 0 atom stereocenters. The molecule has 3 heteroatoms. The fraction of sp³-hybridized carbons (Fsp3) is 0.429. The van der Waals surface area contributed by atoms with E-state index in [9.17, 15) is 4.39 Å². The second-order valence-corrected chi connectivity index (χ2v) is 4.84. The summed E-state index contributed by atoms with van der Waals surface area (Å²) in [5.74, 6) is -0.281. The van der Waals surface area contributed by atoms with Crippen molar-refractivity contribution in [2.45, 2.75) is 31.7 Å². The molecular formula is C14H17ClFN. The maximum absolute atomic E-state index is 12.8. The Hall–Kier alpha value is -0.860. The Morgan fingerprint density at radius 3 is 2.88 bits per heavy atom. The lowest BCUT2D eigenvalue weighted by molar-refractivity contribution is 0.627. The smallest absolute Gasteiger partial charge is 0.124 e. The van der Waals surface area contributed by atoms with Gasteiger partial charge in [0.05, 0.1) is 0 Å². The lowest BCUT2D eigenvalue weighted by Crippen LogP contribution is -2.16. The van der Waals surface area contributed by atoms with Gasteiger partial charge in [0.15, 0.2) is 0 Å². The highest BCUT2D eigenvalue weighted by atomic mass is 35.5. The van der Waals surface area contributed by atoms with Gasteiger partial charge < -0.3 is 5.32 Å². The van der Waals surface area contributed by atoms with Crippen molar-refractivity contribution in [3.05, 3.63) is 46.8 Å². The van der Waals surface area contributed by atoms with E-state index in [-0.39, 0.29) is 5.82 Å². The molecule has 0 amide bonds.